The first-order valence-corrected chi connectivity index (χ1v) is 13.4. The molecule has 1 aromatic carbocycles. The lowest BCUT2D eigenvalue weighted by Crippen LogP contribution is -2.39. The van der Waals surface area contributed by atoms with Crippen molar-refractivity contribution in [1.82, 2.24) is 9.29 Å². The number of hydrogen-bond donors (Lipinski definition) is 2. The largest absolute Gasteiger partial charge is 0.490 e. The Balaban J connectivity index is 0.000000333. The number of alkyl halides is 6. The van der Waals surface area contributed by atoms with Crippen LogP contribution in [0.2, 0.25) is 0 Å². The number of benzene rings is 1. The Morgan fingerprint density at radius 3 is 2.00 bits per heavy atom. The number of halogens is 6. The van der Waals surface area contributed by atoms with Gasteiger partial charge in [-0.05, 0) is 30.5 Å². The van der Waals surface area contributed by atoms with Crippen LogP contribution in [0.15, 0.2) is 48.7 Å². The van der Waals surface area contributed by atoms with Crippen LogP contribution in [0.4, 0.5) is 32.0 Å². The van der Waals surface area contributed by atoms with Crippen LogP contribution in [0, 0.1) is 0 Å². The van der Waals surface area contributed by atoms with Crippen molar-refractivity contribution in [3.05, 3.63) is 59.9 Å². The van der Waals surface area contributed by atoms with E-state index >= 15 is 0 Å². The van der Waals surface area contributed by atoms with Crippen LogP contribution < -0.4 is 4.90 Å². The maximum absolute atomic E-state index is 12.5. The second-order valence-corrected chi connectivity index (χ2v) is 11.1. The monoisotopic (exact) mass is 599 g/mol. The average Bonchev–Trinajstić information content (AvgIpc) is 3.42. The van der Waals surface area contributed by atoms with E-state index < -0.39 is 34.3 Å². The fourth-order valence-corrected chi connectivity index (χ4v) is 5.90. The number of anilines is 1. The zero-order chi connectivity index (χ0) is 30.4. The zero-order valence-electron chi connectivity index (χ0n) is 21.1. The third kappa shape index (κ3) is 8.55. The van der Waals surface area contributed by atoms with Crippen LogP contribution in [0.5, 0.6) is 0 Å². The molecule has 2 N–H and O–H groups in total. The number of aromatic nitrogens is 1. The number of nitrogens with zero attached hydrogens (tertiary/aromatic N) is 3. The lowest BCUT2D eigenvalue weighted by molar-refractivity contribution is -0.193. The highest BCUT2D eigenvalue weighted by atomic mass is 32.2. The summed E-state index contributed by atoms with van der Waals surface area (Å²) in [7, 11) is -3.17. The lowest BCUT2D eigenvalue weighted by atomic mass is 9.85. The van der Waals surface area contributed by atoms with E-state index in [2.05, 4.69) is 40.2 Å². The molecule has 3 heterocycles. The lowest BCUT2D eigenvalue weighted by Gasteiger charge is -2.25. The molecule has 4 rings (SSSR count). The van der Waals surface area contributed by atoms with Crippen molar-refractivity contribution >= 4 is 27.6 Å². The summed E-state index contributed by atoms with van der Waals surface area (Å²) in [6.45, 7) is 4.70. The van der Waals surface area contributed by atoms with Gasteiger partial charge in [0.15, 0.2) is 0 Å². The van der Waals surface area contributed by atoms with Gasteiger partial charge in [0.2, 0.25) is 10.0 Å². The molecule has 40 heavy (non-hydrogen) atoms. The molecule has 222 valence electrons. The first-order chi connectivity index (χ1) is 18.4. The van der Waals surface area contributed by atoms with Gasteiger partial charge in [-0.2, -0.15) is 26.3 Å². The summed E-state index contributed by atoms with van der Waals surface area (Å²) in [5.74, 6) is -5.29. The Morgan fingerprint density at radius 2 is 1.50 bits per heavy atom. The SMILES string of the molecule is CCCS(=O)(=O)N1CCC2(CN(Cc3ccccc3)c3cccnc32)C1.O=C(O)C(F)(F)F.O=C(O)C(F)(F)F. The molecule has 0 saturated carbocycles. The van der Waals surface area contributed by atoms with Crippen LogP contribution >= 0.6 is 0 Å². The Labute approximate surface area is 226 Å². The van der Waals surface area contributed by atoms with Crippen LogP contribution in [0.3, 0.4) is 0 Å². The van der Waals surface area contributed by atoms with Crippen molar-refractivity contribution in [1.29, 1.82) is 0 Å². The van der Waals surface area contributed by atoms with Gasteiger partial charge in [-0.1, -0.05) is 37.3 Å². The minimum atomic E-state index is -5.08. The van der Waals surface area contributed by atoms with Crippen molar-refractivity contribution < 1.29 is 54.6 Å². The number of sulfonamides is 1. The van der Waals surface area contributed by atoms with E-state index in [0.717, 1.165) is 30.9 Å². The molecular formula is C24H27F6N3O6S. The van der Waals surface area contributed by atoms with Crippen molar-refractivity contribution in [3.63, 3.8) is 0 Å². The molecule has 16 heteroatoms. The molecule has 2 aliphatic heterocycles. The predicted octanol–water partition coefficient (Wildman–Crippen LogP) is 4.05. The van der Waals surface area contributed by atoms with Crippen LogP contribution in [-0.2, 0) is 31.6 Å². The van der Waals surface area contributed by atoms with Gasteiger partial charge in [-0.25, -0.2) is 22.3 Å². The van der Waals surface area contributed by atoms with Crippen LogP contribution in [0.1, 0.15) is 31.0 Å². The van der Waals surface area contributed by atoms with E-state index in [1.807, 2.05) is 25.3 Å². The molecule has 0 aliphatic carbocycles. The highest BCUT2D eigenvalue weighted by Gasteiger charge is 2.50. The summed E-state index contributed by atoms with van der Waals surface area (Å²) >= 11 is 0. The summed E-state index contributed by atoms with van der Waals surface area (Å²) in [5, 5.41) is 14.2. The molecule has 1 saturated heterocycles. The van der Waals surface area contributed by atoms with Gasteiger partial charge in [0.25, 0.3) is 0 Å². The number of hydrogen-bond acceptors (Lipinski definition) is 6. The van der Waals surface area contributed by atoms with Crippen molar-refractivity contribution in [2.75, 3.05) is 30.3 Å². The van der Waals surface area contributed by atoms with Gasteiger partial charge >= 0.3 is 24.3 Å². The van der Waals surface area contributed by atoms with Gasteiger partial charge in [-0.15, -0.1) is 0 Å². The van der Waals surface area contributed by atoms with Crippen molar-refractivity contribution in [3.8, 4) is 0 Å². The van der Waals surface area contributed by atoms with Gasteiger partial charge in [0.1, 0.15) is 0 Å². The molecule has 1 unspecified atom stereocenters. The minimum Gasteiger partial charge on any atom is -0.475 e. The fourth-order valence-electron chi connectivity index (χ4n) is 4.31. The number of carboxylic acids is 2. The van der Waals surface area contributed by atoms with E-state index in [0.29, 0.717) is 19.5 Å². The number of carbonyl (C=O) groups is 2. The van der Waals surface area contributed by atoms with Crippen LogP contribution in [-0.4, -0.2) is 77.6 Å². The quantitative estimate of drug-likeness (QED) is 0.493. The Bertz CT molecular complexity index is 1250. The van der Waals surface area contributed by atoms with Gasteiger partial charge in [0.05, 0.1) is 17.1 Å². The second kappa shape index (κ2) is 12.8. The topological polar surface area (TPSA) is 128 Å². The van der Waals surface area contributed by atoms with E-state index in [-0.39, 0.29) is 11.2 Å². The first kappa shape index (κ1) is 32.8. The standard InChI is InChI=1S/C20H25N3O2S.2C2HF3O2/c1-2-13-26(24,25)23-12-10-20(16-23)15-22(14-17-7-4-3-5-8-17)18-9-6-11-21-19(18)20;2*3-2(4,5)1(6)7/h3-9,11H,2,10,12-16H2,1H3;2*(H,6,7). The molecular weight excluding hydrogens is 572 g/mol. The molecule has 2 aliphatic rings. The molecule has 1 spiro atoms. The van der Waals surface area contributed by atoms with Gasteiger partial charge in [0, 0.05) is 37.8 Å². The minimum absolute atomic E-state index is 0.188. The molecule has 2 aromatic rings. The van der Waals surface area contributed by atoms with E-state index in [9.17, 15) is 34.8 Å². The smallest absolute Gasteiger partial charge is 0.475 e. The van der Waals surface area contributed by atoms with Crippen LogP contribution in [0.25, 0.3) is 0 Å². The summed E-state index contributed by atoms with van der Waals surface area (Å²) in [5.41, 5.74) is 3.27. The second-order valence-electron chi connectivity index (χ2n) is 9.00. The summed E-state index contributed by atoms with van der Waals surface area (Å²) in [6.07, 6.45) is -6.85. The van der Waals surface area contributed by atoms with E-state index in [1.165, 1.54) is 5.56 Å². The molecule has 9 nitrogen and oxygen atoms in total. The average molecular weight is 600 g/mol. The molecule has 0 bridgehead atoms. The first-order valence-electron chi connectivity index (χ1n) is 11.8. The molecule has 1 aromatic heterocycles. The summed E-state index contributed by atoms with van der Waals surface area (Å²) < 4.78 is 90.3. The Hall–Kier alpha value is -3.40. The third-order valence-corrected chi connectivity index (χ3v) is 8.02. The normalized spacial score (nSPS) is 18.8. The number of fused-ring (bicyclic) bond motifs is 2. The molecule has 0 amide bonds. The highest BCUT2D eigenvalue weighted by molar-refractivity contribution is 7.89. The molecule has 1 fully saturated rings. The van der Waals surface area contributed by atoms with Gasteiger partial charge < -0.3 is 15.1 Å². The number of pyridine rings is 1. The van der Waals surface area contributed by atoms with Gasteiger partial charge in [-0.3, -0.25) is 4.98 Å². The number of rotatable bonds is 5. The summed E-state index contributed by atoms with van der Waals surface area (Å²) in [4.78, 5) is 24.8. The zero-order valence-corrected chi connectivity index (χ0v) is 21.9. The highest BCUT2D eigenvalue weighted by Crippen LogP contribution is 2.46. The van der Waals surface area contributed by atoms with E-state index in [1.54, 1.807) is 4.31 Å². The fraction of sp³-hybridized carbons (Fsp3) is 0.458. The third-order valence-electron chi connectivity index (χ3n) is 6.00. The molecule has 0 radical (unpaired) electrons. The van der Waals surface area contributed by atoms with E-state index in [4.69, 9.17) is 19.8 Å². The number of aliphatic carboxylic acids is 2. The predicted molar refractivity (Wildman–Crippen MR) is 131 cm³/mol. The Morgan fingerprint density at radius 1 is 0.950 bits per heavy atom. The summed E-state index contributed by atoms with van der Waals surface area (Å²) in [6, 6.07) is 14.5. The molecule has 1 atom stereocenters. The maximum atomic E-state index is 12.5. The number of carboxylic acid groups (broad SMARTS) is 2. The van der Waals surface area contributed by atoms with Crippen molar-refractivity contribution in [2.24, 2.45) is 0 Å². The van der Waals surface area contributed by atoms with Crippen molar-refractivity contribution in [2.45, 2.75) is 44.1 Å². The Kier molecular flexibility index (Phi) is 10.5. The maximum Gasteiger partial charge on any atom is 0.490 e.